The summed E-state index contributed by atoms with van der Waals surface area (Å²) < 4.78 is 5.40. The Morgan fingerprint density at radius 2 is 1.96 bits per heavy atom. The standard InChI is InChI=1S/C19H17N5OS/c20-11-15-14(10-16(23-18(15)21)13-4-2-1-3-5-13)17-12-22-19(26-17)24-6-8-25-9-7-24/h1-5,10,12H,6-9H2,(H2,21,23). The van der Waals surface area contributed by atoms with Crippen molar-refractivity contribution in [2.75, 3.05) is 36.9 Å². The van der Waals surface area contributed by atoms with Gasteiger partial charge in [-0.15, -0.1) is 0 Å². The molecule has 0 spiro atoms. The molecule has 0 radical (unpaired) electrons. The van der Waals surface area contributed by atoms with E-state index >= 15 is 0 Å². The lowest BCUT2D eigenvalue weighted by Gasteiger charge is -2.25. The second kappa shape index (κ2) is 7.12. The van der Waals surface area contributed by atoms with Gasteiger partial charge in [0.05, 0.1) is 23.8 Å². The first-order valence-electron chi connectivity index (χ1n) is 8.31. The van der Waals surface area contributed by atoms with Crippen molar-refractivity contribution in [1.29, 1.82) is 5.26 Å². The molecule has 3 aromatic rings. The highest BCUT2D eigenvalue weighted by molar-refractivity contribution is 7.18. The average Bonchev–Trinajstić information content (AvgIpc) is 3.19. The molecular formula is C19H17N5OS. The quantitative estimate of drug-likeness (QED) is 0.769. The predicted molar refractivity (Wildman–Crippen MR) is 103 cm³/mol. The molecule has 1 saturated heterocycles. The number of nitriles is 1. The maximum atomic E-state index is 9.56. The van der Waals surface area contributed by atoms with E-state index in [0.717, 1.165) is 39.9 Å². The van der Waals surface area contributed by atoms with Crippen molar-refractivity contribution in [3.8, 4) is 27.8 Å². The maximum Gasteiger partial charge on any atom is 0.186 e. The summed E-state index contributed by atoms with van der Waals surface area (Å²) in [7, 11) is 0. The molecule has 4 rings (SSSR count). The number of rotatable bonds is 3. The zero-order valence-corrected chi connectivity index (χ0v) is 14.9. The molecule has 26 heavy (non-hydrogen) atoms. The lowest BCUT2D eigenvalue weighted by molar-refractivity contribution is 0.122. The van der Waals surface area contributed by atoms with E-state index in [1.165, 1.54) is 0 Å². The number of anilines is 2. The Morgan fingerprint density at radius 1 is 1.19 bits per heavy atom. The molecule has 6 nitrogen and oxygen atoms in total. The molecule has 7 heteroatoms. The van der Waals surface area contributed by atoms with Crippen LogP contribution in [0, 0.1) is 11.3 Å². The van der Waals surface area contributed by atoms with Gasteiger partial charge in [0, 0.05) is 30.4 Å². The molecule has 0 unspecified atom stereocenters. The zero-order chi connectivity index (χ0) is 17.9. The smallest absolute Gasteiger partial charge is 0.186 e. The normalized spacial score (nSPS) is 14.2. The van der Waals surface area contributed by atoms with Gasteiger partial charge in [0.15, 0.2) is 5.13 Å². The summed E-state index contributed by atoms with van der Waals surface area (Å²) >= 11 is 1.56. The van der Waals surface area contributed by atoms with Crippen molar-refractivity contribution in [3.05, 3.63) is 48.2 Å². The van der Waals surface area contributed by atoms with Crippen molar-refractivity contribution < 1.29 is 4.74 Å². The van der Waals surface area contributed by atoms with Gasteiger partial charge in [-0.2, -0.15) is 5.26 Å². The molecule has 0 amide bonds. The van der Waals surface area contributed by atoms with Crippen LogP contribution >= 0.6 is 11.3 Å². The maximum absolute atomic E-state index is 9.56. The molecule has 0 atom stereocenters. The largest absolute Gasteiger partial charge is 0.383 e. The van der Waals surface area contributed by atoms with Gasteiger partial charge < -0.3 is 15.4 Å². The van der Waals surface area contributed by atoms with Gasteiger partial charge in [-0.1, -0.05) is 41.7 Å². The summed E-state index contributed by atoms with van der Waals surface area (Å²) in [6, 6.07) is 13.9. The van der Waals surface area contributed by atoms with Crippen LogP contribution in [0.5, 0.6) is 0 Å². The third-order valence-electron chi connectivity index (χ3n) is 4.27. The number of nitrogens with zero attached hydrogens (tertiary/aromatic N) is 4. The van der Waals surface area contributed by atoms with E-state index in [4.69, 9.17) is 10.5 Å². The van der Waals surface area contributed by atoms with E-state index in [2.05, 4.69) is 20.9 Å². The number of benzene rings is 1. The first-order valence-corrected chi connectivity index (χ1v) is 9.13. The van der Waals surface area contributed by atoms with Crippen LogP contribution in [-0.4, -0.2) is 36.3 Å². The highest BCUT2D eigenvalue weighted by Crippen LogP contribution is 2.36. The molecule has 1 aliphatic rings. The summed E-state index contributed by atoms with van der Waals surface area (Å²) in [4.78, 5) is 12.1. The third kappa shape index (κ3) is 3.12. The number of hydrogen-bond acceptors (Lipinski definition) is 7. The minimum Gasteiger partial charge on any atom is -0.383 e. The van der Waals surface area contributed by atoms with Crippen LogP contribution in [0.15, 0.2) is 42.6 Å². The zero-order valence-electron chi connectivity index (χ0n) is 14.1. The Labute approximate surface area is 155 Å². The molecule has 1 aliphatic heterocycles. The van der Waals surface area contributed by atoms with Gasteiger partial charge in [-0.3, -0.25) is 0 Å². The molecular weight excluding hydrogens is 346 g/mol. The molecule has 2 N–H and O–H groups in total. The Kier molecular flexibility index (Phi) is 4.52. The van der Waals surface area contributed by atoms with E-state index in [0.29, 0.717) is 18.8 Å². The summed E-state index contributed by atoms with van der Waals surface area (Å²) in [6.45, 7) is 3.06. The lowest BCUT2D eigenvalue weighted by atomic mass is 10.0. The molecule has 0 saturated carbocycles. The first-order chi connectivity index (χ1) is 12.8. The van der Waals surface area contributed by atoms with Gasteiger partial charge in [0.25, 0.3) is 0 Å². The minimum absolute atomic E-state index is 0.241. The van der Waals surface area contributed by atoms with Crippen LogP contribution in [0.1, 0.15) is 5.56 Å². The number of nitrogen functional groups attached to an aromatic ring is 1. The van der Waals surface area contributed by atoms with Crippen LogP contribution in [0.25, 0.3) is 21.7 Å². The average molecular weight is 363 g/mol. The summed E-state index contributed by atoms with van der Waals surface area (Å²) in [6.07, 6.45) is 1.81. The highest BCUT2D eigenvalue weighted by Gasteiger charge is 2.19. The molecule has 0 bridgehead atoms. The summed E-state index contributed by atoms with van der Waals surface area (Å²) in [5.74, 6) is 0.241. The van der Waals surface area contributed by atoms with Crippen LogP contribution in [0.4, 0.5) is 10.9 Å². The van der Waals surface area contributed by atoms with Gasteiger partial charge in [0.1, 0.15) is 17.5 Å². The predicted octanol–water partition coefficient (Wildman–Crippen LogP) is 3.16. The van der Waals surface area contributed by atoms with Gasteiger partial charge in [0.2, 0.25) is 0 Å². The van der Waals surface area contributed by atoms with Crippen molar-refractivity contribution in [3.63, 3.8) is 0 Å². The van der Waals surface area contributed by atoms with Crippen LogP contribution in [0.2, 0.25) is 0 Å². The fourth-order valence-corrected chi connectivity index (χ4v) is 3.91. The molecule has 130 valence electrons. The fourth-order valence-electron chi connectivity index (χ4n) is 2.92. The van der Waals surface area contributed by atoms with E-state index in [9.17, 15) is 5.26 Å². The number of thiazole rings is 1. The molecule has 2 aromatic heterocycles. The Hall–Kier alpha value is -2.95. The SMILES string of the molecule is N#Cc1c(-c2cnc(N3CCOCC3)s2)cc(-c2ccccc2)nc1N. The molecule has 1 aromatic carbocycles. The number of hydrogen-bond donors (Lipinski definition) is 1. The minimum atomic E-state index is 0.241. The van der Waals surface area contributed by atoms with Crippen molar-refractivity contribution in [2.45, 2.75) is 0 Å². The van der Waals surface area contributed by atoms with Gasteiger partial charge in [-0.05, 0) is 6.07 Å². The van der Waals surface area contributed by atoms with Crippen LogP contribution < -0.4 is 10.6 Å². The van der Waals surface area contributed by atoms with E-state index < -0.39 is 0 Å². The van der Waals surface area contributed by atoms with Crippen molar-refractivity contribution in [2.24, 2.45) is 0 Å². The monoisotopic (exact) mass is 363 g/mol. The second-order valence-electron chi connectivity index (χ2n) is 5.90. The first kappa shape index (κ1) is 16.5. The highest BCUT2D eigenvalue weighted by atomic mass is 32.1. The number of aromatic nitrogens is 2. The van der Waals surface area contributed by atoms with Gasteiger partial charge >= 0.3 is 0 Å². The van der Waals surface area contributed by atoms with Crippen LogP contribution in [-0.2, 0) is 4.74 Å². The molecule has 0 aliphatic carbocycles. The number of nitrogens with two attached hydrogens (primary N) is 1. The van der Waals surface area contributed by atoms with E-state index in [1.54, 1.807) is 17.5 Å². The Balaban J connectivity index is 1.77. The summed E-state index contributed by atoms with van der Waals surface area (Å²) in [5, 5.41) is 10.5. The van der Waals surface area contributed by atoms with Crippen molar-refractivity contribution >= 4 is 22.3 Å². The lowest BCUT2D eigenvalue weighted by Crippen LogP contribution is -2.36. The molecule has 1 fully saturated rings. The second-order valence-corrected chi connectivity index (χ2v) is 6.91. The topological polar surface area (TPSA) is 88.1 Å². The fraction of sp³-hybridized carbons (Fsp3) is 0.211. The van der Waals surface area contributed by atoms with Gasteiger partial charge in [-0.25, -0.2) is 9.97 Å². The van der Waals surface area contributed by atoms with E-state index in [1.807, 2.05) is 36.4 Å². The van der Waals surface area contributed by atoms with Crippen molar-refractivity contribution in [1.82, 2.24) is 9.97 Å². The number of pyridine rings is 1. The van der Waals surface area contributed by atoms with E-state index in [-0.39, 0.29) is 5.82 Å². The Morgan fingerprint density at radius 3 is 2.69 bits per heavy atom. The number of morpholine rings is 1. The number of ether oxygens (including phenoxy) is 1. The van der Waals surface area contributed by atoms with Crippen LogP contribution in [0.3, 0.4) is 0 Å². The third-order valence-corrected chi connectivity index (χ3v) is 5.36. The molecule has 3 heterocycles. The Bertz CT molecular complexity index is 958. The summed E-state index contributed by atoms with van der Waals surface area (Å²) in [5.41, 5.74) is 8.95.